The van der Waals surface area contributed by atoms with E-state index in [9.17, 15) is 5.11 Å². The summed E-state index contributed by atoms with van der Waals surface area (Å²) in [5, 5.41) is 14.8. The largest absolute Gasteiger partial charge is 0.397 e. The summed E-state index contributed by atoms with van der Waals surface area (Å²) in [6, 6.07) is 6.18. The van der Waals surface area contributed by atoms with Gasteiger partial charge in [0.15, 0.2) is 0 Å². The van der Waals surface area contributed by atoms with Gasteiger partial charge < -0.3 is 14.5 Å². The van der Waals surface area contributed by atoms with Crippen LogP contribution in [0.25, 0.3) is 22.0 Å². The predicted octanol–water partition coefficient (Wildman–Crippen LogP) is 3.77. The van der Waals surface area contributed by atoms with E-state index in [0.29, 0.717) is 13.2 Å². The SMILES string of the molecule is CS(C)(C)CCCOn1cc(-c2cn(CCO)c3ccc(Br)cc23)cn1. The second-order valence-corrected chi connectivity index (χ2v) is 12.7. The van der Waals surface area contributed by atoms with Gasteiger partial charge in [-0.15, -0.1) is 9.94 Å². The third-order valence-electron chi connectivity index (χ3n) is 4.18. The Labute approximate surface area is 164 Å². The highest BCUT2D eigenvalue weighted by atomic mass is 79.9. The molecule has 0 unspecified atom stereocenters. The molecule has 0 amide bonds. The van der Waals surface area contributed by atoms with Gasteiger partial charge in [0, 0.05) is 39.2 Å². The number of halogens is 1. The number of fused-ring (bicyclic) bond motifs is 1. The number of benzene rings is 1. The summed E-state index contributed by atoms with van der Waals surface area (Å²) < 4.78 is 3.10. The second-order valence-electron chi connectivity index (χ2n) is 7.23. The molecule has 0 spiro atoms. The van der Waals surface area contributed by atoms with Crippen molar-refractivity contribution in [3.05, 3.63) is 41.3 Å². The maximum absolute atomic E-state index is 9.33. The lowest BCUT2D eigenvalue weighted by Crippen LogP contribution is -2.15. The van der Waals surface area contributed by atoms with Crippen LogP contribution in [-0.2, 0) is 6.54 Å². The first-order valence-corrected chi connectivity index (χ1v) is 12.4. The first kappa shape index (κ1) is 19.3. The molecule has 5 nitrogen and oxygen atoms in total. The van der Waals surface area contributed by atoms with Gasteiger partial charge in [-0.2, -0.15) is 0 Å². The molecule has 1 N–H and O–H groups in total. The average Bonchev–Trinajstić information content (AvgIpc) is 3.16. The molecule has 7 heteroatoms. The first-order valence-electron chi connectivity index (χ1n) is 8.61. The van der Waals surface area contributed by atoms with Crippen molar-refractivity contribution < 1.29 is 9.94 Å². The summed E-state index contributed by atoms with van der Waals surface area (Å²) in [5.74, 6) is 1.20. The summed E-state index contributed by atoms with van der Waals surface area (Å²) in [5.41, 5.74) is 3.19. The van der Waals surface area contributed by atoms with Crippen LogP contribution < -0.4 is 4.84 Å². The second kappa shape index (κ2) is 8.06. The summed E-state index contributed by atoms with van der Waals surface area (Å²) in [6.45, 7) is 1.35. The van der Waals surface area contributed by atoms with E-state index in [2.05, 4.69) is 62.7 Å². The standard InChI is InChI=1S/C19H26BrN3O2S/c1-26(2,3)10-4-9-25-23-13-15(12-21-23)18-14-22(7-8-24)19-6-5-16(20)11-17(18)19/h5-6,11-14,24H,4,7-10H2,1-3H3. The molecule has 142 valence electrons. The normalized spacial score (nSPS) is 12.7. The summed E-state index contributed by atoms with van der Waals surface area (Å²) >= 11 is 3.55. The molecule has 0 saturated heterocycles. The molecule has 2 heterocycles. The molecule has 0 atom stereocenters. The van der Waals surface area contributed by atoms with E-state index in [-0.39, 0.29) is 6.61 Å². The number of nitrogens with zero attached hydrogens (tertiary/aromatic N) is 3. The lowest BCUT2D eigenvalue weighted by atomic mass is 10.1. The van der Waals surface area contributed by atoms with Crippen LogP contribution in [0.5, 0.6) is 0 Å². The van der Waals surface area contributed by atoms with Crippen molar-refractivity contribution >= 4 is 36.9 Å². The van der Waals surface area contributed by atoms with Crippen LogP contribution in [0, 0.1) is 0 Å². The Morgan fingerprint density at radius 2 is 2.04 bits per heavy atom. The van der Waals surface area contributed by atoms with E-state index in [1.165, 1.54) is 5.75 Å². The molecule has 0 aliphatic rings. The summed E-state index contributed by atoms with van der Waals surface area (Å²) in [7, 11) is -0.485. The Kier molecular flexibility index (Phi) is 5.99. The van der Waals surface area contributed by atoms with Crippen LogP contribution in [0.1, 0.15) is 6.42 Å². The van der Waals surface area contributed by atoms with E-state index < -0.39 is 10.0 Å². The van der Waals surface area contributed by atoms with Gasteiger partial charge in [0.25, 0.3) is 0 Å². The summed E-state index contributed by atoms with van der Waals surface area (Å²) in [6.07, 6.45) is 13.8. The topological polar surface area (TPSA) is 52.2 Å². The summed E-state index contributed by atoms with van der Waals surface area (Å²) in [4.78, 5) is 7.31. The van der Waals surface area contributed by atoms with E-state index in [4.69, 9.17) is 4.84 Å². The van der Waals surface area contributed by atoms with Crippen LogP contribution in [0.4, 0.5) is 0 Å². The highest BCUT2D eigenvalue weighted by molar-refractivity contribution is 9.10. The molecule has 0 saturated carbocycles. The van der Waals surface area contributed by atoms with Crippen molar-refractivity contribution in [3.8, 4) is 11.1 Å². The average molecular weight is 440 g/mol. The molecular formula is C19H26BrN3O2S. The number of hydrogen-bond donors (Lipinski definition) is 1. The van der Waals surface area contributed by atoms with Gasteiger partial charge in [0.05, 0.1) is 19.0 Å². The monoisotopic (exact) mass is 439 g/mol. The van der Waals surface area contributed by atoms with Crippen molar-refractivity contribution in [3.63, 3.8) is 0 Å². The number of aliphatic hydroxyl groups is 1. The minimum atomic E-state index is -0.485. The first-order chi connectivity index (χ1) is 12.4. The fourth-order valence-electron chi connectivity index (χ4n) is 2.96. The van der Waals surface area contributed by atoms with Crippen molar-refractivity contribution in [2.24, 2.45) is 0 Å². The van der Waals surface area contributed by atoms with Gasteiger partial charge in [-0.1, -0.05) is 15.9 Å². The quantitative estimate of drug-likeness (QED) is 0.543. The smallest absolute Gasteiger partial charge is 0.117 e. The predicted molar refractivity (Wildman–Crippen MR) is 114 cm³/mol. The van der Waals surface area contributed by atoms with Crippen LogP contribution in [0.3, 0.4) is 0 Å². The number of rotatable bonds is 8. The van der Waals surface area contributed by atoms with Gasteiger partial charge in [-0.05, 0) is 49.1 Å². The third-order valence-corrected chi connectivity index (χ3v) is 6.19. The molecule has 3 aromatic rings. The van der Waals surface area contributed by atoms with Crippen molar-refractivity contribution in [1.29, 1.82) is 0 Å². The van der Waals surface area contributed by atoms with Crippen LogP contribution in [0.2, 0.25) is 0 Å². The van der Waals surface area contributed by atoms with E-state index in [0.717, 1.165) is 32.9 Å². The zero-order valence-corrected chi connectivity index (χ0v) is 17.9. The molecule has 1 aromatic carbocycles. The van der Waals surface area contributed by atoms with Crippen molar-refractivity contribution in [2.45, 2.75) is 13.0 Å². The lowest BCUT2D eigenvalue weighted by Gasteiger charge is -2.24. The molecule has 2 aromatic heterocycles. The lowest BCUT2D eigenvalue weighted by molar-refractivity contribution is 0.0834. The van der Waals surface area contributed by atoms with Gasteiger partial charge in [0.2, 0.25) is 0 Å². The van der Waals surface area contributed by atoms with Gasteiger partial charge in [0.1, 0.15) is 6.61 Å². The highest BCUT2D eigenvalue weighted by Crippen LogP contribution is 2.35. The van der Waals surface area contributed by atoms with Crippen molar-refractivity contribution in [1.82, 2.24) is 14.5 Å². The minimum absolute atomic E-state index is 0.109. The maximum Gasteiger partial charge on any atom is 0.117 e. The molecular weight excluding hydrogens is 414 g/mol. The van der Waals surface area contributed by atoms with Crippen LogP contribution in [0.15, 0.2) is 41.3 Å². The van der Waals surface area contributed by atoms with E-state index in [1.54, 1.807) is 4.85 Å². The van der Waals surface area contributed by atoms with E-state index >= 15 is 0 Å². The van der Waals surface area contributed by atoms with Gasteiger partial charge in [-0.25, -0.2) is 10.0 Å². The molecule has 26 heavy (non-hydrogen) atoms. The zero-order chi connectivity index (χ0) is 18.7. The minimum Gasteiger partial charge on any atom is -0.397 e. The molecule has 3 rings (SSSR count). The number of hydrogen-bond acceptors (Lipinski definition) is 3. The molecule has 0 aliphatic heterocycles. The Bertz CT molecular complexity index is 883. The Morgan fingerprint density at radius 3 is 2.77 bits per heavy atom. The highest BCUT2D eigenvalue weighted by Gasteiger charge is 2.13. The maximum atomic E-state index is 9.33. The van der Waals surface area contributed by atoms with Gasteiger partial charge >= 0.3 is 0 Å². The molecule has 0 fully saturated rings. The zero-order valence-electron chi connectivity index (χ0n) is 15.5. The van der Waals surface area contributed by atoms with Crippen molar-refractivity contribution in [2.75, 3.05) is 37.7 Å². The Morgan fingerprint density at radius 1 is 1.23 bits per heavy atom. The molecule has 0 bridgehead atoms. The van der Waals surface area contributed by atoms with Crippen LogP contribution >= 0.6 is 26.0 Å². The fraction of sp³-hybridized carbons (Fsp3) is 0.421. The number of aliphatic hydroxyl groups excluding tert-OH is 1. The fourth-order valence-corrected chi connectivity index (χ4v) is 4.30. The molecule has 0 aliphatic carbocycles. The Hall–Kier alpha value is -1.44. The van der Waals surface area contributed by atoms with Gasteiger partial charge in [-0.3, -0.25) is 0 Å². The number of aromatic nitrogens is 3. The van der Waals surface area contributed by atoms with Crippen LogP contribution in [-0.4, -0.2) is 57.4 Å². The third kappa shape index (κ3) is 4.64. The Balaban J connectivity index is 1.79. The van der Waals surface area contributed by atoms with E-state index in [1.807, 2.05) is 18.5 Å². The molecule has 0 radical (unpaired) electrons.